The van der Waals surface area contributed by atoms with Crippen LogP contribution in [0.2, 0.25) is 0 Å². The second-order valence-corrected chi connectivity index (χ2v) is 6.39. The third-order valence-corrected chi connectivity index (χ3v) is 4.66. The van der Waals surface area contributed by atoms with Crippen molar-refractivity contribution in [2.24, 2.45) is 23.7 Å². The van der Waals surface area contributed by atoms with Crippen LogP contribution in [0, 0.1) is 23.7 Å². The van der Waals surface area contributed by atoms with Crippen molar-refractivity contribution in [1.82, 2.24) is 0 Å². The summed E-state index contributed by atoms with van der Waals surface area (Å²) in [4.78, 5) is 0. The molecule has 1 nitrogen and oxygen atoms in total. The van der Waals surface area contributed by atoms with Crippen LogP contribution in [0.3, 0.4) is 0 Å². The first-order valence-electron chi connectivity index (χ1n) is 7.18. The quantitative estimate of drug-likeness (QED) is 0.743. The van der Waals surface area contributed by atoms with E-state index in [1.54, 1.807) is 0 Å². The zero-order valence-electron chi connectivity index (χ0n) is 11.6. The van der Waals surface area contributed by atoms with Crippen LogP contribution in [0.25, 0.3) is 0 Å². The summed E-state index contributed by atoms with van der Waals surface area (Å²) >= 11 is 0. The molecule has 96 valence electrons. The Morgan fingerprint density at radius 3 is 2.06 bits per heavy atom. The van der Waals surface area contributed by atoms with Crippen LogP contribution in [0.1, 0.15) is 66.2 Å². The van der Waals surface area contributed by atoms with E-state index in [1.165, 1.54) is 32.1 Å². The van der Waals surface area contributed by atoms with Crippen LogP contribution in [0.5, 0.6) is 0 Å². The molecule has 1 aliphatic rings. The molecular weight excluding hydrogens is 196 g/mol. The minimum atomic E-state index is -0.0336. The van der Waals surface area contributed by atoms with Gasteiger partial charge in [0.1, 0.15) is 0 Å². The van der Waals surface area contributed by atoms with Crippen LogP contribution in [0.4, 0.5) is 0 Å². The third kappa shape index (κ3) is 4.45. The summed E-state index contributed by atoms with van der Waals surface area (Å²) in [6.07, 6.45) is 7.30. The Hall–Kier alpha value is -0.0400. The lowest BCUT2D eigenvalue weighted by atomic mass is 9.78. The average Bonchev–Trinajstić information content (AvgIpc) is 2.26. The standard InChI is InChI=1S/C15H30O/c1-11(2)13(4)7-10-15(16)14-8-5-12(3)6-9-14/h11-16H,5-10H2,1-4H3. The minimum Gasteiger partial charge on any atom is -0.393 e. The number of hydrogen-bond donors (Lipinski definition) is 1. The van der Waals surface area contributed by atoms with Crippen molar-refractivity contribution in [3.8, 4) is 0 Å². The molecule has 1 fully saturated rings. The summed E-state index contributed by atoms with van der Waals surface area (Å²) in [5, 5.41) is 10.2. The van der Waals surface area contributed by atoms with E-state index < -0.39 is 0 Å². The highest BCUT2D eigenvalue weighted by Gasteiger charge is 2.24. The lowest BCUT2D eigenvalue weighted by molar-refractivity contribution is 0.0620. The molecule has 0 amide bonds. The Morgan fingerprint density at radius 2 is 1.56 bits per heavy atom. The lowest BCUT2D eigenvalue weighted by Gasteiger charge is -2.30. The van der Waals surface area contributed by atoms with Crippen molar-refractivity contribution in [2.45, 2.75) is 72.3 Å². The van der Waals surface area contributed by atoms with Crippen molar-refractivity contribution < 1.29 is 5.11 Å². The fourth-order valence-corrected chi connectivity index (χ4v) is 2.67. The SMILES string of the molecule is CC1CCC(C(O)CCC(C)C(C)C)CC1. The zero-order valence-corrected chi connectivity index (χ0v) is 11.6. The van der Waals surface area contributed by atoms with Gasteiger partial charge in [0, 0.05) is 0 Å². The first-order valence-corrected chi connectivity index (χ1v) is 7.18. The maximum Gasteiger partial charge on any atom is 0.0568 e. The molecule has 0 aromatic heterocycles. The zero-order chi connectivity index (χ0) is 12.1. The minimum absolute atomic E-state index is 0.0336. The largest absolute Gasteiger partial charge is 0.393 e. The number of aliphatic hydroxyl groups is 1. The van der Waals surface area contributed by atoms with E-state index in [0.29, 0.717) is 5.92 Å². The molecular formula is C15H30O. The molecule has 1 saturated carbocycles. The Labute approximate surface area is 102 Å². The molecule has 1 aliphatic carbocycles. The molecule has 1 N–H and O–H groups in total. The van der Waals surface area contributed by atoms with Gasteiger partial charge < -0.3 is 5.11 Å². The molecule has 0 heterocycles. The van der Waals surface area contributed by atoms with Gasteiger partial charge in [-0.2, -0.15) is 0 Å². The Balaban J connectivity index is 2.22. The Bertz CT molecular complexity index is 180. The van der Waals surface area contributed by atoms with E-state index in [-0.39, 0.29) is 6.10 Å². The van der Waals surface area contributed by atoms with E-state index in [2.05, 4.69) is 27.7 Å². The van der Waals surface area contributed by atoms with E-state index >= 15 is 0 Å². The van der Waals surface area contributed by atoms with Gasteiger partial charge in [-0.05, 0) is 49.4 Å². The van der Waals surface area contributed by atoms with Crippen molar-refractivity contribution in [3.63, 3.8) is 0 Å². The molecule has 0 spiro atoms. The van der Waals surface area contributed by atoms with Crippen LogP contribution in [-0.4, -0.2) is 11.2 Å². The second-order valence-electron chi connectivity index (χ2n) is 6.39. The molecule has 1 rings (SSSR count). The predicted molar refractivity (Wildman–Crippen MR) is 70.4 cm³/mol. The fourth-order valence-electron chi connectivity index (χ4n) is 2.67. The van der Waals surface area contributed by atoms with E-state index in [4.69, 9.17) is 0 Å². The van der Waals surface area contributed by atoms with Crippen molar-refractivity contribution >= 4 is 0 Å². The van der Waals surface area contributed by atoms with Gasteiger partial charge in [-0.1, -0.05) is 40.5 Å². The summed E-state index contributed by atoms with van der Waals surface area (Å²) in [5.74, 6) is 2.98. The monoisotopic (exact) mass is 226 g/mol. The van der Waals surface area contributed by atoms with Crippen LogP contribution < -0.4 is 0 Å². The normalized spacial score (nSPS) is 30.4. The molecule has 0 aromatic carbocycles. The second kappa shape index (κ2) is 6.64. The molecule has 0 aromatic rings. The lowest BCUT2D eigenvalue weighted by Crippen LogP contribution is -2.25. The molecule has 16 heavy (non-hydrogen) atoms. The van der Waals surface area contributed by atoms with Crippen molar-refractivity contribution in [2.75, 3.05) is 0 Å². The van der Waals surface area contributed by atoms with Gasteiger partial charge in [0.15, 0.2) is 0 Å². The molecule has 2 atom stereocenters. The number of hydrogen-bond acceptors (Lipinski definition) is 1. The summed E-state index contributed by atoms with van der Waals surface area (Å²) in [7, 11) is 0. The highest BCUT2D eigenvalue weighted by molar-refractivity contribution is 4.76. The topological polar surface area (TPSA) is 20.2 Å². The maximum absolute atomic E-state index is 10.2. The molecule has 1 heteroatoms. The van der Waals surface area contributed by atoms with E-state index in [1.807, 2.05) is 0 Å². The predicted octanol–water partition coefficient (Wildman–Crippen LogP) is 4.25. The van der Waals surface area contributed by atoms with Gasteiger partial charge in [-0.25, -0.2) is 0 Å². The average molecular weight is 226 g/mol. The molecule has 0 bridgehead atoms. The maximum atomic E-state index is 10.2. The van der Waals surface area contributed by atoms with Gasteiger partial charge in [0.2, 0.25) is 0 Å². The smallest absolute Gasteiger partial charge is 0.0568 e. The van der Waals surface area contributed by atoms with Gasteiger partial charge in [-0.3, -0.25) is 0 Å². The van der Waals surface area contributed by atoms with Crippen LogP contribution >= 0.6 is 0 Å². The van der Waals surface area contributed by atoms with Crippen molar-refractivity contribution in [1.29, 1.82) is 0 Å². The first-order chi connectivity index (χ1) is 7.50. The molecule has 0 aliphatic heterocycles. The molecule has 2 unspecified atom stereocenters. The van der Waals surface area contributed by atoms with E-state index in [9.17, 15) is 5.11 Å². The van der Waals surface area contributed by atoms with E-state index in [0.717, 1.165) is 24.2 Å². The Morgan fingerprint density at radius 1 is 1.00 bits per heavy atom. The van der Waals surface area contributed by atoms with Crippen molar-refractivity contribution in [3.05, 3.63) is 0 Å². The summed E-state index contributed by atoms with van der Waals surface area (Å²) in [5.41, 5.74) is 0. The highest BCUT2D eigenvalue weighted by atomic mass is 16.3. The molecule has 0 saturated heterocycles. The fraction of sp³-hybridized carbons (Fsp3) is 1.00. The van der Waals surface area contributed by atoms with Gasteiger partial charge in [0.05, 0.1) is 6.10 Å². The van der Waals surface area contributed by atoms with Gasteiger partial charge >= 0.3 is 0 Å². The molecule has 0 radical (unpaired) electrons. The summed E-state index contributed by atoms with van der Waals surface area (Å²) in [6, 6.07) is 0. The first kappa shape index (κ1) is 14.0. The van der Waals surface area contributed by atoms with Gasteiger partial charge in [0.25, 0.3) is 0 Å². The number of rotatable bonds is 5. The van der Waals surface area contributed by atoms with Gasteiger partial charge in [-0.15, -0.1) is 0 Å². The third-order valence-electron chi connectivity index (χ3n) is 4.66. The summed E-state index contributed by atoms with van der Waals surface area (Å²) < 4.78 is 0. The van der Waals surface area contributed by atoms with Crippen LogP contribution in [-0.2, 0) is 0 Å². The summed E-state index contributed by atoms with van der Waals surface area (Å²) in [6.45, 7) is 9.20. The highest BCUT2D eigenvalue weighted by Crippen LogP contribution is 2.32. The Kier molecular flexibility index (Phi) is 5.82. The van der Waals surface area contributed by atoms with Crippen LogP contribution in [0.15, 0.2) is 0 Å². The number of aliphatic hydroxyl groups excluding tert-OH is 1.